The Bertz CT molecular complexity index is 1140. The smallest absolute Gasteiger partial charge is 0.341 e. The molecule has 3 N–H and O–H groups in total. The van der Waals surface area contributed by atoms with Crippen LogP contribution in [0, 0.1) is 13.8 Å². The topological polar surface area (TPSA) is 111 Å². The van der Waals surface area contributed by atoms with Crippen molar-refractivity contribution in [2.75, 3.05) is 17.7 Å². The summed E-state index contributed by atoms with van der Waals surface area (Å²) in [5.41, 5.74) is 8.02. The molecule has 0 spiro atoms. The normalized spacial score (nSPS) is 10.7. The van der Waals surface area contributed by atoms with Crippen molar-refractivity contribution >= 4 is 57.2 Å². The number of esters is 1. The van der Waals surface area contributed by atoms with Gasteiger partial charge in [0.15, 0.2) is 4.34 Å². The van der Waals surface area contributed by atoms with Gasteiger partial charge in [-0.15, -0.1) is 22.7 Å². The van der Waals surface area contributed by atoms with Crippen LogP contribution in [0.3, 0.4) is 0 Å². The largest absolute Gasteiger partial charge is 0.462 e. The number of anilines is 1. The van der Waals surface area contributed by atoms with E-state index in [1.165, 1.54) is 34.4 Å². The molecule has 2 heterocycles. The number of hydrogen-bond acceptors (Lipinski definition) is 8. The Labute approximate surface area is 198 Å². The molecular weight excluding hydrogens is 466 g/mol. The zero-order chi connectivity index (χ0) is 23.3. The minimum Gasteiger partial charge on any atom is -0.462 e. The molecule has 2 aromatic heterocycles. The average Bonchev–Trinajstić information content (AvgIpc) is 3.25. The third-order valence-electron chi connectivity index (χ3n) is 4.41. The van der Waals surface area contributed by atoms with Crippen LogP contribution in [0.4, 0.5) is 5.00 Å². The van der Waals surface area contributed by atoms with Crippen LogP contribution in [-0.2, 0) is 20.7 Å². The number of hydrogen-bond donors (Lipinski definition) is 2. The molecule has 0 saturated heterocycles. The number of nitrogens with zero attached hydrogens (tertiary/aromatic N) is 1. The van der Waals surface area contributed by atoms with Gasteiger partial charge in [0.05, 0.1) is 24.5 Å². The molecule has 1 aromatic carbocycles. The van der Waals surface area contributed by atoms with Crippen molar-refractivity contribution < 1.29 is 19.1 Å². The Kier molecular flexibility index (Phi) is 8.05. The van der Waals surface area contributed by atoms with Crippen molar-refractivity contribution in [3.63, 3.8) is 0 Å². The van der Waals surface area contributed by atoms with Crippen LogP contribution in [0.5, 0.6) is 0 Å². The molecule has 10 heteroatoms. The van der Waals surface area contributed by atoms with Crippen LogP contribution in [0.1, 0.15) is 32.7 Å². The van der Waals surface area contributed by atoms with Crippen LogP contribution in [-0.4, -0.2) is 35.1 Å². The second-order valence-corrected chi connectivity index (χ2v) is 10.3. The molecule has 0 saturated carbocycles. The quantitative estimate of drug-likeness (QED) is 0.340. The summed E-state index contributed by atoms with van der Waals surface area (Å²) in [4.78, 5) is 42.7. The number of carbonyl (C=O) groups excluding carboxylic acids is 3. The summed E-state index contributed by atoms with van der Waals surface area (Å²) < 4.78 is 5.95. The van der Waals surface area contributed by atoms with Crippen molar-refractivity contribution in [2.45, 2.75) is 31.5 Å². The van der Waals surface area contributed by atoms with Crippen LogP contribution in [0.15, 0.2) is 34.7 Å². The molecule has 0 aliphatic carbocycles. The minimum atomic E-state index is -0.467. The van der Waals surface area contributed by atoms with E-state index in [0.717, 1.165) is 26.6 Å². The first-order valence-corrected chi connectivity index (χ1v) is 12.4. The maximum atomic E-state index is 12.7. The van der Waals surface area contributed by atoms with Crippen LogP contribution < -0.4 is 11.1 Å². The Hall–Kier alpha value is -2.69. The van der Waals surface area contributed by atoms with E-state index in [2.05, 4.69) is 10.3 Å². The zero-order valence-corrected chi connectivity index (χ0v) is 20.3. The van der Waals surface area contributed by atoms with Gasteiger partial charge in [0, 0.05) is 15.3 Å². The number of nitrogens with one attached hydrogen (secondary N) is 1. The highest BCUT2D eigenvalue weighted by Gasteiger charge is 2.25. The van der Waals surface area contributed by atoms with E-state index in [9.17, 15) is 14.4 Å². The first-order valence-electron chi connectivity index (χ1n) is 9.83. The number of nitrogens with two attached hydrogens (primary N) is 1. The number of aryl methyl sites for hydroxylation is 2. The molecule has 3 rings (SSSR count). The van der Waals surface area contributed by atoms with E-state index in [-0.39, 0.29) is 24.7 Å². The zero-order valence-electron chi connectivity index (χ0n) is 17.9. The van der Waals surface area contributed by atoms with E-state index >= 15 is 0 Å². The number of rotatable bonds is 9. The van der Waals surface area contributed by atoms with Gasteiger partial charge in [-0.25, -0.2) is 9.78 Å². The summed E-state index contributed by atoms with van der Waals surface area (Å²) >= 11 is 3.97. The Morgan fingerprint density at radius 3 is 2.53 bits per heavy atom. The first-order chi connectivity index (χ1) is 15.3. The molecule has 32 heavy (non-hydrogen) atoms. The van der Waals surface area contributed by atoms with Crippen molar-refractivity contribution in [2.24, 2.45) is 5.73 Å². The standard InChI is InChI=1S/C22H23N3O4S3/c1-4-29-21(28)19-18(14-8-6-5-7-9-14)13(3)31-20(19)25-17(27)11-30-22-24-12(2)15(32-22)10-16(23)26/h5-9H,4,10-11H2,1-3H3,(H2,23,26)(H,25,27). The highest BCUT2D eigenvalue weighted by atomic mass is 32.2. The van der Waals surface area contributed by atoms with E-state index < -0.39 is 11.9 Å². The van der Waals surface area contributed by atoms with Gasteiger partial charge in [0.1, 0.15) is 10.6 Å². The highest BCUT2D eigenvalue weighted by molar-refractivity contribution is 8.01. The number of ether oxygens (including phenoxy) is 1. The molecule has 0 aliphatic heterocycles. The molecule has 0 aliphatic rings. The Morgan fingerprint density at radius 2 is 1.88 bits per heavy atom. The molecule has 3 aromatic rings. The molecule has 2 amide bonds. The van der Waals surface area contributed by atoms with Gasteiger partial charge >= 0.3 is 5.97 Å². The van der Waals surface area contributed by atoms with E-state index in [0.29, 0.717) is 14.9 Å². The van der Waals surface area contributed by atoms with Crippen molar-refractivity contribution in [1.29, 1.82) is 0 Å². The molecule has 168 valence electrons. The number of amides is 2. The van der Waals surface area contributed by atoms with Gasteiger partial charge < -0.3 is 15.8 Å². The lowest BCUT2D eigenvalue weighted by atomic mass is 10.0. The SMILES string of the molecule is CCOC(=O)c1c(NC(=O)CSc2nc(C)c(CC(N)=O)s2)sc(C)c1-c1ccccc1. The predicted molar refractivity (Wildman–Crippen MR) is 130 cm³/mol. The third-order valence-corrected chi connectivity index (χ3v) is 7.73. The highest BCUT2D eigenvalue weighted by Crippen LogP contribution is 2.40. The minimum absolute atomic E-state index is 0.114. The monoisotopic (exact) mass is 489 g/mol. The fourth-order valence-electron chi connectivity index (χ4n) is 3.06. The van der Waals surface area contributed by atoms with E-state index in [1.807, 2.05) is 44.2 Å². The fourth-order valence-corrected chi connectivity index (χ4v) is 6.18. The van der Waals surface area contributed by atoms with Gasteiger partial charge in [-0.05, 0) is 26.3 Å². The third kappa shape index (κ3) is 5.76. The van der Waals surface area contributed by atoms with Gasteiger partial charge in [-0.3, -0.25) is 9.59 Å². The summed E-state index contributed by atoms with van der Waals surface area (Å²) in [6, 6.07) is 9.56. The van der Waals surface area contributed by atoms with Gasteiger partial charge in [0.2, 0.25) is 11.8 Å². The van der Waals surface area contributed by atoms with E-state index in [1.54, 1.807) is 6.92 Å². The number of benzene rings is 1. The molecule has 0 radical (unpaired) electrons. The maximum Gasteiger partial charge on any atom is 0.341 e. The summed E-state index contributed by atoms with van der Waals surface area (Å²) in [5, 5.41) is 3.33. The predicted octanol–water partition coefficient (Wildman–Crippen LogP) is 4.42. The lowest BCUT2D eigenvalue weighted by molar-refractivity contribution is -0.117. The van der Waals surface area contributed by atoms with Crippen molar-refractivity contribution in [3.8, 4) is 11.1 Å². The molecule has 0 bridgehead atoms. The van der Waals surface area contributed by atoms with Crippen molar-refractivity contribution in [3.05, 3.63) is 51.3 Å². The average molecular weight is 490 g/mol. The van der Waals surface area contributed by atoms with Crippen LogP contribution >= 0.6 is 34.4 Å². The number of primary amides is 1. The van der Waals surface area contributed by atoms with Gasteiger partial charge in [-0.1, -0.05) is 42.1 Å². The molecule has 0 unspecified atom stereocenters. The number of carbonyl (C=O) groups is 3. The summed E-state index contributed by atoms with van der Waals surface area (Å²) in [7, 11) is 0. The Balaban J connectivity index is 1.78. The number of thiazole rings is 1. The number of aromatic nitrogens is 1. The van der Waals surface area contributed by atoms with Crippen LogP contribution in [0.25, 0.3) is 11.1 Å². The van der Waals surface area contributed by atoms with Gasteiger partial charge in [0.25, 0.3) is 0 Å². The summed E-state index contributed by atoms with van der Waals surface area (Å²) in [6.45, 7) is 5.71. The van der Waals surface area contributed by atoms with Crippen molar-refractivity contribution in [1.82, 2.24) is 4.98 Å². The Morgan fingerprint density at radius 1 is 1.16 bits per heavy atom. The molecule has 0 atom stereocenters. The lowest BCUT2D eigenvalue weighted by Gasteiger charge is -2.09. The lowest BCUT2D eigenvalue weighted by Crippen LogP contribution is -2.16. The van der Waals surface area contributed by atoms with E-state index in [4.69, 9.17) is 10.5 Å². The summed E-state index contributed by atoms with van der Waals surface area (Å²) in [6.07, 6.45) is 0.135. The van der Waals surface area contributed by atoms with Gasteiger partial charge in [-0.2, -0.15) is 0 Å². The second-order valence-electron chi connectivity index (χ2n) is 6.79. The first kappa shape index (κ1) is 24.0. The van der Waals surface area contributed by atoms with Crippen LogP contribution in [0.2, 0.25) is 0 Å². The molecular formula is C22H23N3O4S3. The number of thioether (sulfide) groups is 1. The maximum absolute atomic E-state index is 12.7. The molecule has 0 fully saturated rings. The number of thiophene rings is 1. The summed E-state index contributed by atoms with van der Waals surface area (Å²) in [5.74, 6) is -1.03. The molecule has 7 nitrogen and oxygen atoms in total. The fraction of sp³-hybridized carbons (Fsp3) is 0.273. The second kappa shape index (κ2) is 10.8.